The van der Waals surface area contributed by atoms with Gasteiger partial charge in [-0.15, -0.1) is 0 Å². The molecule has 0 radical (unpaired) electrons. The number of hydrogen-bond donors (Lipinski definition) is 1. The monoisotopic (exact) mass is 233 g/mol. The van der Waals surface area contributed by atoms with Gasteiger partial charge in [-0.1, -0.05) is 45.2 Å². The molecule has 1 aromatic rings. The van der Waals surface area contributed by atoms with Crippen molar-refractivity contribution in [3.05, 3.63) is 35.4 Å². The van der Waals surface area contributed by atoms with E-state index in [4.69, 9.17) is 5.73 Å². The van der Waals surface area contributed by atoms with Gasteiger partial charge in [0.25, 0.3) is 0 Å². The summed E-state index contributed by atoms with van der Waals surface area (Å²) in [7, 11) is 0. The third-order valence-electron chi connectivity index (χ3n) is 3.27. The number of benzene rings is 1. The average Bonchev–Trinajstić information content (AvgIpc) is 2.42. The van der Waals surface area contributed by atoms with Crippen molar-refractivity contribution in [2.24, 2.45) is 5.73 Å². The lowest BCUT2D eigenvalue weighted by molar-refractivity contribution is 0.100. The summed E-state index contributed by atoms with van der Waals surface area (Å²) in [4.78, 5) is 10.9. The lowest BCUT2D eigenvalue weighted by Crippen LogP contribution is -2.11. The summed E-state index contributed by atoms with van der Waals surface area (Å²) in [5.41, 5.74) is 7.17. The molecular weight excluding hydrogens is 210 g/mol. The average molecular weight is 233 g/mol. The Morgan fingerprint density at radius 3 is 2.06 bits per heavy atom. The van der Waals surface area contributed by atoms with Crippen molar-refractivity contribution < 1.29 is 4.79 Å². The molecule has 0 aromatic heterocycles. The van der Waals surface area contributed by atoms with Crippen LogP contribution in [0.2, 0.25) is 0 Å². The summed E-state index contributed by atoms with van der Waals surface area (Å²) < 4.78 is 0. The maximum atomic E-state index is 10.9. The highest BCUT2D eigenvalue weighted by Gasteiger charge is 2.15. The Morgan fingerprint density at radius 1 is 1.06 bits per heavy atom. The summed E-state index contributed by atoms with van der Waals surface area (Å²) in [6.45, 7) is 4.00. The molecule has 1 fully saturated rings. The smallest absolute Gasteiger partial charge is 0.248 e. The molecule has 1 aliphatic rings. The molecule has 2 rings (SSSR count). The third-order valence-corrected chi connectivity index (χ3v) is 3.27. The Balaban J connectivity index is 0.000000686. The molecule has 0 saturated heterocycles. The zero-order valence-electron chi connectivity index (χ0n) is 10.9. The Kier molecular flexibility index (Phi) is 5.75. The van der Waals surface area contributed by atoms with Crippen LogP contribution >= 0.6 is 0 Å². The molecule has 94 valence electrons. The number of carbonyl (C=O) groups is 1. The number of rotatable bonds is 2. The van der Waals surface area contributed by atoms with E-state index in [1.807, 2.05) is 26.0 Å². The largest absolute Gasteiger partial charge is 0.366 e. The van der Waals surface area contributed by atoms with Crippen molar-refractivity contribution in [2.75, 3.05) is 0 Å². The molecule has 1 amide bonds. The molecule has 1 aromatic carbocycles. The Bertz CT molecular complexity index is 336. The number of nitrogens with two attached hydrogens (primary N) is 1. The standard InChI is InChI=1S/C13H17NO.C2H6/c14-13(15)12-8-6-11(7-9-12)10-4-2-1-3-5-10;1-2/h6-10H,1-5H2,(H2,14,15);1-2H3. The fraction of sp³-hybridized carbons (Fsp3) is 0.533. The van der Waals surface area contributed by atoms with E-state index < -0.39 is 0 Å². The van der Waals surface area contributed by atoms with Crippen LogP contribution in [-0.2, 0) is 0 Å². The first kappa shape index (κ1) is 13.8. The topological polar surface area (TPSA) is 43.1 Å². The second kappa shape index (κ2) is 7.10. The van der Waals surface area contributed by atoms with Gasteiger partial charge in [-0.25, -0.2) is 0 Å². The van der Waals surface area contributed by atoms with Crippen molar-refractivity contribution in [3.8, 4) is 0 Å². The van der Waals surface area contributed by atoms with Gasteiger partial charge in [0.2, 0.25) is 5.91 Å². The van der Waals surface area contributed by atoms with Gasteiger partial charge in [0.1, 0.15) is 0 Å². The van der Waals surface area contributed by atoms with Crippen LogP contribution in [0.4, 0.5) is 0 Å². The van der Waals surface area contributed by atoms with E-state index >= 15 is 0 Å². The molecule has 17 heavy (non-hydrogen) atoms. The third kappa shape index (κ3) is 3.88. The summed E-state index contributed by atoms with van der Waals surface area (Å²) in [6.07, 6.45) is 6.62. The zero-order chi connectivity index (χ0) is 12.7. The van der Waals surface area contributed by atoms with Gasteiger partial charge in [0.15, 0.2) is 0 Å². The van der Waals surface area contributed by atoms with E-state index in [0.29, 0.717) is 11.5 Å². The fourth-order valence-electron chi connectivity index (χ4n) is 2.36. The number of carbonyl (C=O) groups excluding carboxylic acids is 1. The molecular formula is C15H23NO. The normalized spacial score (nSPS) is 15.9. The van der Waals surface area contributed by atoms with Crippen LogP contribution in [0, 0.1) is 0 Å². The first-order valence-corrected chi connectivity index (χ1v) is 6.67. The first-order valence-electron chi connectivity index (χ1n) is 6.67. The van der Waals surface area contributed by atoms with Gasteiger partial charge < -0.3 is 5.73 Å². The Morgan fingerprint density at radius 2 is 1.59 bits per heavy atom. The van der Waals surface area contributed by atoms with E-state index in [1.54, 1.807) is 0 Å². The molecule has 0 aliphatic heterocycles. The van der Waals surface area contributed by atoms with Crippen molar-refractivity contribution in [1.82, 2.24) is 0 Å². The highest BCUT2D eigenvalue weighted by molar-refractivity contribution is 5.92. The number of primary amides is 1. The quantitative estimate of drug-likeness (QED) is 0.828. The van der Waals surface area contributed by atoms with E-state index in [1.165, 1.54) is 37.7 Å². The van der Waals surface area contributed by atoms with Gasteiger partial charge in [0, 0.05) is 5.56 Å². The minimum absolute atomic E-state index is 0.342. The van der Waals surface area contributed by atoms with Gasteiger partial charge in [-0.05, 0) is 36.5 Å². The predicted octanol–water partition coefficient (Wildman–Crippen LogP) is 3.86. The minimum atomic E-state index is -0.342. The summed E-state index contributed by atoms with van der Waals surface area (Å²) in [5, 5.41) is 0. The van der Waals surface area contributed by atoms with Crippen LogP contribution in [0.25, 0.3) is 0 Å². The number of amides is 1. The molecule has 2 nitrogen and oxygen atoms in total. The van der Waals surface area contributed by atoms with Gasteiger partial charge in [-0.3, -0.25) is 4.79 Å². The van der Waals surface area contributed by atoms with Gasteiger partial charge in [-0.2, -0.15) is 0 Å². The van der Waals surface area contributed by atoms with Crippen LogP contribution < -0.4 is 5.73 Å². The molecule has 2 heteroatoms. The van der Waals surface area contributed by atoms with Crippen LogP contribution in [-0.4, -0.2) is 5.91 Å². The molecule has 1 saturated carbocycles. The van der Waals surface area contributed by atoms with Crippen molar-refractivity contribution in [2.45, 2.75) is 51.9 Å². The minimum Gasteiger partial charge on any atom is -0.366 e. The lowest BCUT2D eigenvalue weighted by atomic mass is 9.84. The zero-order valence-corrected chi connectivity index (χ0v) is 10.9. The van der Waals surface area contributed by atoms with E-state index in [2.05, 4.69) is 12.1 Å². The van der Waals surface area contributed by atoms with Crippen LogP contribution in [0.3, 0.4) is 0 Å². The maximum absolute atomic E-state index is 10.9. The van der Waals surface area contributed by atoms with E-state index in [9.17, 15) is 4.79 Å². The van der Waals surface area contributed by atoms with Crippen molar-refractivity contribution in [1.29, 1.82) is 0 Å². The molecule has 1 aliphatic carbocycles. The first-order chi connectivity index (χ1) is 8.27. The molecule has 0 heterocycles. The summed E-state index contributed by atoms with van der Waals surface area (Å²) >= 11 is 0. The summed E-state index contributed by atoms with van der Waals surface area (Å²) in [6, 6.07) is 7.78. The highest BCUT2D eigenvalue weighted by atomic mass is 16.1. The maximum Gasteiger partial charge on any atom is 0.248 e. The Hall–Kier alpha value is -1.31. The summed E-state index contributed by atoms with van der Waals surface area (Å²) in [5.74, 6) is 0.353. The lowest BCUT2D eigenvalue weighted by Gasteiger charge is -2.21. The Labute approximate surface area is 104 Å². The molecule has 2 N–H and O–H groups in total. The van der Waals surface area contributed by atoms with Gasteiger partial charge in [0.05, 0.1) is 0 Å². The van der Waals surface area contributed by atoms with Crippen molar-refractivity contribution in [3.63, 3.8) is 0 Å². The van der Waals surface area contributed by atoms with Crippen LogP contribution in [0.1, 0.15) is 67.8 Å². The fourth-order valence-corrected chi connectivity index (χ4v) is 2.36. The SMILES string of the molecule is CC.NC(=O)c1ccc(C2CCCCC2)cc1. The van der Waals surface area contributed by atoms with Crippen molar-refractivity contribution >= 4 is 5.91 Å². The van der Waals surface area contributed by atoms with Crippen LogP contribution in [0.15, 0.2) is 24.3 Å². The van der Waals surface area contributed by atoms with E-state index in [0.717, 1.165) is 0 Å². The second-order valence-electron chi connectivity index (χ2n) is 4.32. The molecule has 0 unspecified atom stereocenters. The van der Waals surface area contributed by atoms with Gasteiger partial charge >= 0.3 is 0 Å². The number of hydrogen-bond acceptors (Lipinski definition) is 1. The highest BCUT2D eigenvalue weighted by Crippen LogP contribution is 2.32. The van der Waals surface area contributed by atoms with E-state index in [-0.39, 0.29) is 5.91 Å². The molecule has 0 spiro atoms. The molecule has 0 bridgehead atoms. The second-order valence-corrected chi connectivity index (χ2v) is 4.32. The predicted molar refractivity (Wildman–Crippen MR) is 72.1 cm³/mol. The van der Waals surface area contributed by atoms with Crippen LogP contribution in [0.5, 0.6) is 0 Å². The molecule has 0 atom stereocenters.